The summed E-state index contributed by atoms with van der Waals surface area (Å²) in [6.45, 7) is 18.8. The van der Waals surface area contributed by atoms with E-state index in [4.69, 9.17) is 23.7 Å². The van der Waals surface area contributed by atoms with Crippen LogP contribution in [0.25, 0.3) is 0 Å². The minimum absolute atomic E-state index is 0.0474. The van der Waals surface area contributed by atoms with Gasteiger partial charge in [0.05, 0.1) is 37.6 Å². The van der Waals surface area contributed by atoms with Crippen LogP contribution < -0.4 is 0 Å². The molecule has 0 amide bonds. The molecule has 8 aliphatic rings. The lowest BCUT2D eigenvalue weighted by Crippen LogP contribution is -2.59. The number of carbonyl (C=O) groups is 2. The van der Waals surface area contributed by atoms with Crippen LogP contribution in [-0.2, 0) is 33.3 Å². The van der Waals surface area contributed by atoms with Gasteiger partial charge in [0.15, 0.2) is 12.4 Å². The Morgan fingerprint density at radius 3 is 2.52 bits per heavy atom. The standard InChI is InChI=1S/C40H60NO9/c1-22-19-25(33(36(5,6)45)48-23(2)42)49-31-30(22)37(7)14-15-40-21-39(40)13-11-28(35(3,4)26(39)9-10-27(40)38(37,8)32(31)43)50-29-20-41(16-18-46-29)24-12-17-47-34(24)44/h22,24,26,28-30,32-33,43,45H,9-21H2,1-8H3/t22-,24?,26+,28?,29+,30+,32+,33+,37-,38-,39-,40+/m1/s1. The molecule has 279 valence electrons. The van der Waals surface area contributed by atoms with Crippen LogP contribution in [0, 0.1) is 63.0 Å². The number of morpholine rings is 1. The average Bonchev–Trinajstić information content (AvgIpc) is 3.44. The molecule has 5 saturated carbocycles. The summed E-state index contributed by atoms with van der Waals surface area (Å²) in [4.78, 5) is 26.6. The van der Waals surface area contributed by atoms with E-state index < -0.39 is 29.2 Å². The SMILES string of the molecule is CC(=O)O[C@@H]([C]1C[C@@H](C)[C@H]2[C](O1)[C@H](O)[C@@]1(C)[C]3CC[C@H]4C(C)(C)C(O[C@H]5CN(C6CCOC6=O)CCO5)CC[C@@]45C[C@@]35CC[C@]21C)C(C)(C)O. The predicted molar refractivity (Wildman–Crippen MR) is 182 cm³/mol. The molecular formula is C40H60NO9. The molecule has 3 radical (unpaired) electrons. The average molecular weight is 699 g/mol. The molecule has 2 spiro atoms. The summed E-state index contributed by atoms with van der Waals surface area (Å²) >= 11 is 0. The van der Waals surface area contributed by atoms with Gasteiger partial charge in [-0.05, 0) is 105 Å². The summed E-state index contributed by atoms with van der Waals surface area (Å²) in [5, 5.41) is 23.5. The number of ether oxygens (including phenoxy) is 5. The fraction of sp³-hybridized carbons (Fsp3) is 0.875. The van der Waals surface area contributed by atoms with Gasteiger partial charge in [-0.3, -0.25) is 14.5 Å². The maximum Gasteiger partial charge on any atom is 0.323 e. The van der Waals surface area contributed by atoms with Crippen molar-refractivity contribution in [2.24, 2.45) is 44.8 Å². The monoisotopic (exact) mass is 698 g/mol. The highest BCUT2D eigenvalue weighted by atomic mass is 16.7. The highest BCUT2D eigenvalue weighted by Crippen LogP contribution is 2.90. The molecule has 8 fully saturated rings. The number of esters is 2. The molecule has 5 aliphatic carbocycles. The first-order chi connectivity index (χ1) is 23.4. The third-order valence-electron chi connectivity index (χ3n) is 15.9. The van der Waals surface area contributed by atoms with Gasteiger partial charge in [0.2, 0.25) is 0 Å². The first-order valence-corrected chi connectivity index (χ1v) is 19.4. The summed E-state index contributed by atoms with van der Waals surface area (Å²) in [6, 6.07) is -0.188. The Labute approximate surface area is 298 Å². The van der Waals surface area contributed by atoms with Crippen LogP contribution in [-0.4, -0.2) is 89.6 Å². The van der Waals surface area contributed by atoms with Crippen LogP contribution in [0.2, 0.25) is 0 Å². The van der Waals surface area contributed by atoms with Gasteiger partial charge in [0, 0.05) is 31.2 Å². The number of nitrogens with zero attached hydrogens (tertiary/aromatic N) is 1. The minimum Gasteiger partial charge on any atom is -0.464 e. The Bertz CT molecular complexity index is 1380. The highest BCUT2D eigenvalue weighted by Gasteiger charge is 2.85. The van der Waals surface area contributed by atoms with Crippen molar-refractivity contribution in [3.05, 3.63) is 18.1 Å². The van der Waals surface area contributed by atoms with Crippen LogP contribution in [0.5, 0.6) is 0 Å². The molecule has 3 aliphatic heterocycles. The molecule has 10 nitrogen and oxygen atoms in total. The Morgan fingerprint density at radius 2 is 1.84 bits per heavy atom. The summed E-state index contributed by atoms with van der Waals surface area (Å²) in [5.41, 5.74) is -1.64. The zero-order chi connectivity index (χ0) is 35.8. The van der Waals surface area contributed by atoms with Gasteiger partial charge in [0.25, 0.3) is 0 Å². The Morgan fingerprint density at radius 1 is 1.08 bits per heavy atom. The topological polar surface area (TPSA) is 124 Å². The van der Waals surface area contributed by atoms with Crippen molar-refractivity contribution in [1.29, 1.82) is 0 Å². The summed E-state index contributed by atoms with van der Waals surface area (Å²) in [6.07, 6.45) is 8.12. The molecule has 3 heterocycles. The molecule has 0 aromatic carbocycles. The van der Waals surface area contributed by atoms with E-state index in [2.05, 4.69) is 39.5 Å². The maximum atomic E-state index is 12.5. The lowest BCUT2D eigenvalue weighted by atomic mass is 9.41. The third kappa shape index (κ3) is 4.79. The summed E-state index contributed by atoms with van der Waals surface area (Å²) < 4.78 is 30.6. The second-order valence-corrected chi connectivity index (χ2v) is 19.0. The lowest BCUT2D eigenvalue weighted by molar-refractivity contribution is -0.245. The largest absolute Gasteiger partial charge is 0.464 e. The molecule has 3 saturated heterocycles. The van der Waals surface area contributed by atoms with Crippen molar-refractivity contribution in [1.82, 2.24) is 4.90 Å². The van der Waals surface area contributed by atoms with E-state index in [1.54, 1.807) is 19.8 Å². The molecule has 0 bridgehead atoms. The number of hydrogen-bond donors (Lipinski definition) is 2. The number of aliphatic hydroxyl groups is 2. The number of aliphatic hydroxyl groups excluding tert-OH is 1. The molecule has 50 heavy (non-hydrogen) atoms. The second kappa shape index (κ2) is 11.6. The van der Waals surface area contributed by atoms with E-state index in [9.17, 15) is 19.8 Å². The van der Waals surface area contributed by atoms with Crippen LogP contribution in [0.4, 0.5) is 0 Å². The second-order valence-electron chi connectivity index (χ2n) is 19.0. The first kappa shape index (κ1) is 35.7. The van der Waals surface area contributed by atoms with E-state index in [-0.39, 0.29) is 57.9 Å². The normalized spacial score (nSPS) is 48.4. The molecule has 2 N–H and O–H groups in total. The molecule has 12 atom stereocenters. The van der Waals surface area contributed by atoms with E-state index >= 15 is 0 Å². The Hall–Kier alpha value is -1.30. The lowest BCUT2D eigenvalue weighted by Gasteiger charge is -2.63. The van der Waals surface area contributed by atoms with Gasteiger partial charge in [-0.25, -0.2) is 0 Å². The molecule has 10 heteroatoms. The van der Waals surface area contributed by atoms with E-state index in [1.165, 1.54) is 13.3 Å². The van der Waals surface area contributed by atoms with E-state index in [0.717, 1.165) is 51.5 Å². The number of rotatable bonds is 6. The van der Waals surface area contributed by atoms with Gasteiger partial charge < -0.3 is 33.9 Å². The quantitative estimate of drug-likeness (QED) is 0.360. The van der Waals surface area contributed by atoms with Gasteiger partial charge >= 0.3 is 11.9 Å². The van der Waals surface area contributed by atoms with Gasteiger partial charge in [-0.2, -0.15) is 0 Å². The Balaban J connectivity index is 1.02. The van der Waals surface area contributed by atoms with Crippen LogP contribution in [0.1, 0.15) is 113 Å². The van der Waals surface area contributed by atoms with Crippen molar-refractivity contribution in [3.8, 4) is 0 Å². The van der Waals surface area contributed by atoms with Crippen molar-refractivity contribution >= 4 is 11.9 Å². The molecule has 8 rings (SSSR count). The molecular weight excluding hydrogens is 638 g/mol. The smallest absolute Gasteiger partial charge is 0.323 e. The zero-order valence-electron chi connectivity index (χ0n) is 31.5. The Kier molecular flexibility index (Phi) is 8.29. The van der Waals surface area contributed by atoms with Crippen LogP contribution in [0.3, 0.4) is 0 Å². The fourth-order valence-electron chi connectivity index (χ4n) is 13.6. The summed E-state index contributed by atoms with van der Waals surface area (Å²) in [5.74, 6) is 1.72. The van der Waals surface area contributed by atoms with Crippen molar-refractivity contribution < 1.29 is 43.5 Å². The highest BCUT2D eigenvalue weighted by molar-refractivity contribution is 5.77. The van der Waals surface area contributed by atoms with Crippen LogP contribution >= 0.6 is 0 Å². The molecule has 0 aromatic heterocycles. The fourth-order valence-corrected chi connectivity index (χ4v) is 13.6. The first-order valence-electron chi connectivity index (χ1n) is 19.4. The van der Waals surface area contributed by atoms with Gasteiger partial charge in [-0.1, -0.05) is 34.6 Å². The number of cyclic esters (lactones) is 1. The predicted octanol–water partition coefficient (Wildman–Crippen LogP) is 5.15. The third-order valence-corrected chi connectivity index (χ3v) is 15.9. The molecule has 2 unspecified atom stereocenters. The van der Waals surface area contributed by atoms with Gasteiger partial charge in [0.1, 0.15) is 18.2 Å². The van der Waals surface area contributed by atoms with Crippen LogP contribution in [0.15, 0.2) is 0 Å². The minimum atomic E-state index is -1.32. The van der Waals surface area contributed by atoms with Crippen molar-refractivity contribution in [2.45, 2.75) is 149 Å². The van der Waals surface area contributed by atoms with Gasteiger partial charge in [-0.15, -0.1) is 0 Å². The number of fused-ring (bicyclic) bond motifs is 4. The molecule has 0 aromatic rings. The number of hydrogen-bond acceptors (Lipinski definition) is 10. The van der Waals surface area contributed by atoms with E-state index in [0.29, 0.717) is 44.3 Å². The van der Waals surface area contributed by atoms with Crippen molar-refractivity contribution in [3.63, 3.8) is 0 Å². The summed E-state index contributed by atoms with van der Waals surface area (Å²) in [7, 11) is 0. The maximum absolute atomic E-state index is 12.5. The zero-order valence-corrected chi connectivity index (χ0v) is 31.5. The van der Waals surface area contributed by atoms with Crippen molar-refractivity contribution in [2.75, 3.05) is 26.3 Å². The number of carbonyl (C=O) groups excluding carboxylic acids is 2. The van der Waals surface area contributed by atoms with E-state index in [1.807, 2.05) is 0 Å².